The van der Waals surface area contributed by atoms with E-state index in [9.17, 15) is 0 Å². The molecule has 0 spiro atoms. The first-order valence-electron chi connectivity index (χ1n) is 5.66. The fraction of sp³-hybridized carbons (Fsp3) is 0.385. The topological polar surface area (TPSA) is 56.7 Å². The van der Waals surface area contributed by atoms with Crippen molar-refractivity contribution in [2.45, 2.75) is 33.1 Å². The minimum atomic E-state index is -0.00448. The molecule has 0 aliphatic carbocycles. The lowest BCUT2D eigenvalue weighted by Gasteiger charge is -2.14. The maximum atomic E-state index is 6.01. The average molecular weight is 230 g/mol. The number of rotatable bonds is 1. The summed E-state index contributed by atoms with van der Waals surface area (Å²) in [4.78, 5) is 4.12. The molecular formula is C13H18N4. The van der Waals surface area contributed by atoms with Crippen LogP contribution in [0.1, 0.15) is 32.0 Å². The standard InChI is InChI=1S/C13H18N4/c1-9-5-6-15-8-10(9)17-12(14)7-11(16-17)13(2,3)4/h5-8H,14H2,1-4H3. The smallest absolute Gasteiger partial charge is 0.127 e. The van der Waals surface area contributed by atoms with E-state index >= 15 is 0 Å². The van der Waals surface area contributed by atoms with Gasteiger partial charge in [-0.15, -0.1) is 0 Å². The second kappa shape index (κ2) is 3.87. The Kier molecular flexibility index (Phi) is 2.65. The highest BCUT2D eigenvalue weighted by molar-refractivity contribution is 5.46. The van der Waals surface area contributed by atoms with Crippen LogP contribution < -0.4 is 5.73 Å². The third-order valence-corrected chi connectivity index (χ3v) is 2.74. The number of aryl methyl sites for hydroxylation is 1. The molecule has 0 saturated carbocycles. The number of pyridine rings is 1. The van der Waals surface area contributed by atoms with Gasteiger partial charge in [0.2, 0.25) is 0 Å². The van der Waals surface area contributed by atoms with Crippen molar-refractivity contribution in [3.8, 4) is 5.69 Å². The van der Waals surface area contributed by atoms with Crippen LogP contribution in [0.25, 0.3) is 5.69 Å². The Bertz CT molecular complexity index is 535. The van der Waals surface area contributed by atoms with Crippen molar-refractivity contribution in [1.29, 1.82) is 0 Å². The van der Waals surface area contributed by atoms with Crippen molar-refractivity contribution in [3.63, 3.8) is 0 Å². The van der Waals surface area contributed by atoms with Crippen molar-refractivity contribution in [2.75, 3.05) is 5.73 Å². The van der Waals surface area contributed by atoms with Crippen LogP contribution in [0.15, 0.2) is 24.5 Å². The average Bonchev–Trinajstić information content (AvgIpc) is 2.61. The van der Waals surface area contributed by atoms with Gasteiger partial charge in [0.05, 0.1) is 17.6 Å². The molecule has 0 atom stereocenters. The van der Waals surface area contributed by atoms with E-state index in [1.54, 1.807) is 17.1 Å². The summed E-state index contributed by atoms with van der Waals surface area (Å²) in [5.41, 5.74) is 9.03. The normalized spacial score (nSPS) is 11.8. The summed E-state index contributed by atoms with van der Waals surface area (Å²) in [5.74, 6) is 0.644. The molecule has 0 aromatic carbocycles. The number of hydrogen-bond donors (Lipinski definition) is 1. The van der Waals surface area contributed by atoms with E-state index in [0.717, 1.165) is 16.9 Å². The predicted octanol–water partition coefficient (Wildman–Crippen LogP) is 2.46. The van der Waals surface area contributed by atoms with Gasteiger partial charge in [0, 0.05) is 17.7 Å². The van der Waals surface area contributed by atoms with E-state index in [4.69, 9.17) is 5.73 Å². The van der Waals surface area contributed by atoms with E-state index < -0.39 is 0 Å². The lowest BCUT2D eigenvalue weighted by molar-refractivity contribution is 0.560. The minimum Gasteiger partial charge on any atom is -0.384 e. The number of nitrogens with two attached hydrogens (primary N) is 1. The summed E-state index contributed by atoms with van der Waals surface area (Å²) < 4.78 is 1.75. The first-order chi connectivity index (χ1) is 7.89. The first kappa shape index (κ1) is 11.6. The van der Waals surface area contributed by atoms with Crippen LogP contribution in [0.4, 0.5) is 5.82 Å². The van der Waals surface area contributed by atoms with Gasteiger partial charge in [0.25, 0.3) is 0 Å². The van der Waals surface area contributed by atoms with E-state index in [-0.39, 0.29) is 5.41 Å². The quantitative estimate of drug-likeness (QED) is 0.818. The Morgan fingerprint density at radius 2 is 2.00 bits per heavy atom. The highest BCUT2D eigenvalue weighted by Gasteiger charge is 2.19. The van der Waals surface area contributed by atoms with Crippen LogP contribution in [0.2, 0.25) is 0 Å². The third-order valence-electron chi connectivity index (χ3n) is 2.74. The third kappa shape index (κ3) is 2.16. The molecule has 90 valence electrons. The van der Waals surface area contributed by atoms with Crippen molar-refractivity contribution < 1.29 is 0 Å². The molecule has 2 rings (SSSR count). The summed E-state index contributed by atoms with van der Waals surface area (Å²) in [7, 11) is 0. The van der Waals surface area contributed by atoms with Gasteiger partial charge in [-0.05, 0) is 18.6 Å². The van der Waals surface area contributed by atoms with Gasteiger partial charge in [-0.25, -0.2) is 4.68 Å². The Labute approximate surface area is 101 Å². The van der Waals surface area contributed by atoms with Gasteiger partial charge < -0.3 is 5.73 Å². The van der Waals surface area contributed by atoms with E-state index in [0.29, 0.717) is 5.82 Å². The second-order valence-corrected chi connectivity index (χ2v) is 5.28. The van der Waals surface area contributed by atoms with Crippen molar-refractivity contribution in [3.05, 3.63) is 35.8 Å². The Balaban J connectivity index is 2.55. The van der Waals surface area contributed by atoms with E-state index in [1.165, 1.54) is 0 Å². The van der Waals surface area contributed by atoms with E-state index in [2.05, 4.69) is 30.9 Å². The fourth-order valence-corrected chi connectivity index (χ4v) is 1.63. The first-order valence-corrected chi connectivity index (χ1v) is 5.66. The summed E-state index contributed by atoms with van der Waals surface area (Å²) in [6, 6.07) is 3.87. The highest BCUT2D eigenvalue weighted by atomic mass is 15.3. The zero-order valence-electron chi connectivity index (χ0n) is 10.7. The molecule has 4 nitrogen and oxygen atoms in total. The van der Waals surface area contributed by atoms with Crippen molar-refractivity contribution >= 4 is 5.82 Å². The molecule has 2 aromatic heterocycles. The maximum absolute atomic E-state index is 6.01. The summed E-state index contributed by atoms with van der Waals surface area (Å²) in [5, 5.41) is 4.56. The Morgan fingerprint density at radius 3 is 2.53 bits per heavy atom. The van der Waals surface area contributed by atoms with Gasteiger partial charge in [0.15, 0.2) is 0 Å². The molecule has 2 heterocycles. The fourth-order valence-electron chi connectivity index (χ4n) is 1.63. The molecule has 0 amide bonds. The summed E-state index contributed by atoms with van der Waals surface area (Å²) in [6.45, 7) is 8.38. The molecule has 17 heavy (non-hydrogen) atoms. The van der Waals surface area contributed by atoms with Crippen molar-refractivity contribution in [1.82, 2.24) is 14.8 Å². The molecule has 2 aromatic rings. The molecule has 2 N–H and O–H groups in total. The molecule has 0 fully saturated rings. The Hall–Kier alpha value is -1.84. The van der Waals surface area contributed by atoms with E-state index in [1.807, 2.05) is 19.1 Å². The summed E-state index contributed by atoms with van der Waals surface area (Å²) in [6.07, 6.45) is 3.55. The van der Waals surface area contributed by atoms with Gasteiger partial charge in [-0.3, -0.25) is 4.98 Å². The van der Waals surface area contributed by atoms with Crippen LogP contribution >= 0.6 is 0 Å². The van der Waals surface area contributed by atoms with Crippen LogP contribution in [-0.4, -0.2) is 14.8 Å². The van der Waals surface area contributed by atoms with Crippen LogP contribution in [-0.2, 0) is 5.41 Å². The molecule has 0 aliphatic rings. The van der Waals surface area contributed by atoms with Crippen LogP contribution in [0.5, 0.6) is 0 Å². The number of hydrogen-bond acceptors (Lipinski definition) is 3. The monoisotopic (exact) mass is 230 g/mol. The highest BCUT2D eigenvalue weighted by Crippen LogP contribution is 2.25. The Morgan fingerprint density at radius 1 is 1.29 bits per heavy atom. The molecule has 0 bridgehead atoms. The second-order valence-electron chi connectivity index (χ2n) is 5.28. The lowest BCUT2D eigenvalue weighted by atomic mass is 9.92. The molecule has 0 aliphatic heterocycles. The zero-order chi connectivity index (χ0) is 12.6. The van der Waals surface area contributed by atoms with Crippen LogP contribution in [0, 0.1) is 6.92 Å². The number of aromatic nitrogens is 3. The van der Waals surface area contributed by atoms with Crippen LogP contribution in [0.3, 0.4) is 0 Å². The lowest BCUT2D eigenvalue weighted by Crippen LogP contribution is -2.13. The summed E-state index contributed by atoms with van der Waals surface area (Å²) >= 11 is 0. The number of nitrogens with zero attached hydrogens (tertiary/aromatic N) is 3. The molecule has 0 unspecified atom stereocenters. The van der Waals surface area contributed by atoms with Crippen molar-refractivity contribution in [2.24, 2.45) is 0 Å². The minimum absolute atomic E-state index is 0.00448. The van der Waals surface area contributed by atoms with Gasteiger partial charge in [0.1, 0.15) is 5.82 Å². The molecular weight excluding hydrogens is 212 g/mol. The predicted molar refractivity (Wildman–Crippen MR) is 69.2 cm³/mol. The van der Waals surface area contributed by atoms with Gasteiger partial charge in [-0.2, -0.15) is 5.10 Å². The molecule has 0 saturated heterocycles. The molecule has 4 heteroatoms. The van der Waals surface area contributed by atoms with Gasteiger partial charge >= 0.3 is 0 Å². The molecule has 0 radical (unpaired) electrons. The maximum Gasteiger partial charge on any atom is 0.127 e. The SMILES string of the molecule is Cc1ccncc1-n1nc(C(C)(C)C)cc1N. The zero-order valence-corrected chi connectivity index (χ0v) is 10.7. The number of nitrogen functional groups attached to an aromatic ring is 1. The van der Waals surface area contributed by atoms with Gasteiger partial charge in [-0.1, -0.05) is 20.8 Å². The number of anilines is 1. The largest absolute Gasteiger partial charge is 0.384 e.